The van der Waals surface area contributed by atoms with Gasteiger partial charge in [-0.2, -0.15) is 4.80 Å². The van der Waals surface area contributed by atoms with Crippen LogP contribution in [0, 0.1) is 0 Å². The molecule has 2 amide bonds. The third-order valence-corrected chi connectivity index (χ3v) is 3.95. The molecule has 0 bridgehead atoms. The lowest BCUT2D eigenvalue weighted by molar-refractivity contribution is -0.122. The van der Waals surface area contributed by atoms with Gasteiger partial charge in [-0.15, -0.1) is 10.2 Å². The number of hydrogen-bond donors (Lipinski definition) is 5. The molecule has 3 rings (SSSR count). The Morgan fingerprint density at radius 2 is 2.14 bits per heavy atom. The number of carboxylic acid groups (broad SMARTS) is 1. The number of tetrazole rings is 1. The predicted molar refractivity (Wildman–Crippen MR) is 91.5 cm³/mol. The Hall–Kier alpha value is -3.52. The highest BCUT2D eigenvalue weighted by atomic mass is 16.5. The van der Waals surface area contributed by atoms with Crippen LogP contribution in [0.1, 0.15) is 21.7 Å². The van der Waals surface area contributed by atoms with Gasteiger partial charge in [-0.05, 0) is 23.3 Å². The first-order valence-corrected chi connectivity index (χ1v) is 8.12. The first-order valence-electron chi connectivity index (χ1n) is 8.12. The van der Waals surface area contributed by atoms with Crippen LogP contribution in [-0.4, -0.2) is 61.2 Å². The molecule has 6 N–H and O–H groups in total. The molecule has 0 fully saturated rings. The third-order valence-electron chi connectivity index (χ3n) is 3.95. The van der Waals surface area contributed by atoms with Gasteiger partial charge in [0, 0.05) is 0 Å². The van der Waals surface area contributed by atoms with Crippen molar-refractivity contribution in [2.24, 2.45) is 5.84 Å². The number of nitrogens with two attached hydrogens (primary N) is 1. The summed E-state index contributed by atoms with van der Waals surface area (Å²) in [5.74, 6) is 2.11. The Kier molecular flexibility index (Phi) is 5.51. The van der Waals surface area contributed by atoms with Crippen molar-refractivity contribution in [3.8, 4) is 5.75 Å². The number of carbonyl (C=O) groups is 3. The lowest BCUT2D eigenvalue weighted by Crippen LogP contribution is -2.53. The van der Waals surface area contributed by atoms with Crippen molar-refractivity contribution in [1.29, 1.82) is 0 Å². The second-order valence-corrected chi connectivity index (χ2v) is 5.97. The summed E-state index contributed by atoms with van der Waals surface area (Å²) in [5.41, 5.74) is 2.40. The second-order valence-electron chi connectivity index (χ2n) is 5.97. The molecule has 1 aliphatic rings. The van der Waals surface area contributed by atoms with E-state index >= 15 is 0 Å². The molecule has 1 aliphatic heterocycles. The summed E-state index contributed by atoms with van der Waals surface area (Å²) in [6.45, 7) is -0.247. The summed E-state index contributed by atoms with van der Waals surface area (Å²) in [7, 11) is -1.42. The van der Waals surface area contributed by atoms with Crippen LogP contribution in [0.3, 0.4) is 0 Å². The molecular weight excluding hydrogens is 373 g/mol. The molecule has 28 heavy (non-hydrogen) atoms. The van der Waals surface area contributed by atoms with E-state index in [-0.39, 0.29) is 36.5 Å². The number of hydrogen-bond acceptors (Lipinski definition) is 9. The van der Waals surface area contributed by atoms with Gasteiger partial charge in [0.1, 0.15) is 12.3 Å². The first kappa shape index (κ1) is 19.3. The van der Waals surface area contributed by atoms with Crippen LogP contribution >= 0.6 is 0 Å². The highest BCUT2D eigenvalue weighted by molar-refractivity contribution is 6.47. The van der Waals surface area contributed by atoms with Crippen LogP contribution in [0.15, 0.2) is 18.2 Å². The molecule has 1 aromatic heterocycles. The van der Waals surface area contributed by atoms with Gasteiger partial charge < -0.3 is 20.1 Å². The SMILES string of the molecule is NNC(=O)Cn1nnc(CC(=O)N[C@H]2Cc3cccc(C(=O)O)c3OB2O)n1. The van der Waals surface area contributed by atoms with E-state index < -0.39 is 30.8 Å². The number of hydrazine groups is 1. The highest BCUT2D eigenvalue weighted by Gasteiger charge is 2.37. The monoisotopic (exact) mass is 389 g/mol. The highest BCUT2D eigenvalue weighted by Crippen LogP contribution is 2.30. The fraction of sp³-hybridized carbons (Fsp3) is 0.286. The Labute approximate surface area is 158 Å². The maximum Gasteiger partial charge on any atom is 0.547 e. The average Bonchev–Trinajstić information content (AvgIpc) is 3.08. The lowest BCUT2D eigenvalue weighted by Gasteiger charge is -2.28. The van der Waals surface area contributed by atoms with Gasteiger partial charge in [-0.25, -0.2) is 10.6 Å². The van der Waals surface area contributed by atoms with E-state index in [1.807, 2.05) is 5.43 Å². The van der Waals surface area contributed by atoms with Crippen LogP contribution < -0.4 is 21.2 Å². The maximum absolute atomic E-state index is 12.2. The summed E-state index contributed by atoms with van der Waals surface area (Å²) in [6, 6.07) is 4.58. The van der Waals surface area contributed by atoms with Gasteiger partial charge in [-0.1, -0.05) is 12.1 Å². The molecule has 0 saturated carbocycles. The number of fused-ring (bicyclic) bond motifs is 1. The molecule has 0 unspecified atom stereocenters. The van der Waals surface area contributed by atoms with Crippen LogP contribution in [0.25, 0.3) is 0 Å². The predicted octanol–water partition coefficient (Wildman–Crippen LogP) is -2.96. The fourth-order valence-corrected chi connectivity index (χ4v) is 2.71. The summed E-state index contributed by atoms with van der Waals surface area (Å²) in [5, 5.41) is 33.1. The fourth-order valence-electron chi connectivity index (χ4n) is 2.71. The number of aromatic nitrogens is 4. The zero-order chi connectivity index (χ0) is 20.3. The van der Waals surface area contributed by atoms with Gasteiger partial charge in [0.05, 0.1) is 17.9 Å². The van der Waals surface area contributed by atoms with E-state index in [1.165, 1.54) is 6.07 Å². The smallest absolute Gasteiger partial charge is 0.534 e. The molecule has 14 heteroatoms. The molecule has 0 spiro atoms. The number of nitrogens with zero attached hydrogens (tertiary/aromatic N) is 4. The summed E-state index contributed by atoms with van der Waals surface area (Å²) in [4.78, 5) is 35.6. The van der Waals surface area contributed by atoms with E-state index in [0.717, 1.165) is 4.80 Å². The van der Waals surface area contributed by atoms with Gasteiger partial charge >= 0.3 is 13.1 Å². The zero-order valence-corrected chi connectivity index (χ0v) is 14.4. The number of para-hydroxylation sites is 1. The number of amides is 2. The summed E-state index contributed by atoms with van der Waals surface area (Å²) >= 11 is 0. The maximum atomic E-state index is 12.2. The number of carboxylic acids is 1. The van der Waals surface area contributed by atoms with Crippen molar-refractivity contribution in [1.82, 2.24) is 30.9 Å². The molecule has 146 valence electrons. The van der Waals surface area contributed by atoms with Crippen LogP contribution in [-0.2, 0) is 29.0 Å². The molecule has 1 aromatic carbocycles. The Bertz CT molecular complexity index is 919. The van der Waals surface area contributed by atoms with Gasteiger partial charge in [0.25, 0.3) is 5.91 Å². The van der Waals surface area contributed by atoms with Gasteiger partial charge in [0.15, 0.2) is 5.82 Å². The van der Waals surface area contributed by atoms with E-state index in [0.29, 0.717) is 5.56 Å². The number of aromatic carboxylic acids is 1. The minimum absolute atomic E-state index is 0.0661. The minimum atomic E-state index is -1.42. The van der Waals surface area contributed by atoms with Crippen LogP contribution in [0.2, 0.25) is 0 Å². The average molecular weight is 389 g/mol. The van der Waals surface area contributed by atoms with Crippen molar-refractivity contribution in [2.45, 2.75) is 25.3 Å². The van der Waals surface area contributed by atoms with Crippen LogP contribution in [0.5, 0.6) is 5.75 Å². The largest absolute Gasteiger partial charge is 0.547 e. The van der Waals surface area contributed by atoms with Crippen molar-refractivity contribution < 1.29 is 29.2 Å². The topological polar surface area (TPSA) is 195 Å². The van der Waals surface area contributed by atoms with Crippen LogP contribution in [0.4, 0.5) is 0 Å². The Morgan fingerprint density at radius 1 is 1.36 bits per heavy atom. The molecular formula is C14H16BN7O6. The molecule has 0 radical (unpaired) electrons. The first-order chi connectivity index (χ1) is 13.4. The minimum Gasteiger partial charge on any atom is -0.534 e. The number of carbonyl (C=O) groups excluding carboxylic acids is 2. The standard InChI is InChI=1S/C14H16BN7O6/c16-18-12(24)6-22-20-10(19-21-22)5-11(23)17-9-4-7-2-1-3-8(14(25)26)13(7)28-15(9)27/h1-3,9,27H,4-6,16H2,(H,17,23)(H,18,24)(H,25,26)/t9-/m0/s1. The molecule has 2 heterocycles. The zero-order valence-electron chi connectivity index (χ0n) is 14.4. The van der Waals surface area contributed by atoms with Gasteiger partial charge in [-0.3, -0.25) is 15.0 Å². The van der Waals surface area contributed by atoms with Gasteiger partial charge in [0.2, 0.25) is 5.91 Å². The normalized spacial score (nSPS) is 15.4. The van der Waals surface area contributed by atoms with E-state index in [9.17, 15) is 24.5 Å². The summed E-state index contributed by atoms with van der Waals surface area (Å²) in [6.07, 6.45) is -0.0599. The molecule has 2 aromatic rings. The van der Waals surface area contributed by atoms with Crippen molar-refractivity contribution in [2.75, 3.05) is 0 Å². The Balaban J connectivity index is 1.63. The molecule has 1 atom stereocenters. The summed E-state index contributed by atoms with van der Waals surface area (Å²) < 4.78 is 5.30. The van der Waals surface area contributed by atoms with Crippen molar-refractivity contribution in [3.63, 3.8) is 0 Å². The van der Waals surface area contributed by atoms with E-state index in [1.54, 1.807) is 12.1 Å². The number of benzene rings is 1. The van der Waals surface area contributed by atoms with Crippen molar-refractivity contribution >= 4 is 24.9 Å². The molecule has 0 aliphatic carbocycles. The van der Waals surface area contributed by atoms with Crippen molar-refractivity contribution in [3.05, 3.63) is 35.2 Å². The van der Waals surface area contributed by atoms with E-state index in [4.69, 9.17) is 10.5 Å². The number of rotatable bonds is 6. The lowest BCUT2D eigenvalue weighted by atomic mass is 9.72. The molecule has 0 saturated heterocycles. The Morgan fingerprint density at radius 3 is 2.86 bits per heavy atom. The second kappa shape index (κ2) is 8.02. The number of nitrogens with one attached hydrogen (secondary N) is 2. The van der Waals surface area contributed by atoms with E-state index in [2.05, 4.69) is 20.7 Å². The quantitative estimate of drug-likeness (QED) is 0.147. The molecule has 13 nitrogen and oxygen atoms in total. The third kappa shape index (κ3) is 4.24.